The number of carbonyl (C=O) groups is 1. The first-order valence-corrected chi connectivity index (χ1v) is 10.0. The molecule has 0 aromatic heterocycles. The van der Waals surface area contributed by atoms with Crippen molar-refractivity contribution >= 4 is 5.91 Å². The quantitative estimate of drug-likeness (QED) is 0.884. The van der Waals surface area contributed by atoms with E-state index in [1.165, 1.54) is 30.4 Å². The summed E-state index contributed by atoms with van der Waals surface area (Å²) in [5, 5.41) is 10.9. The molecule has 26 heavy (non-hydrogen) atoms. The van der Waals surface area contributed by atoms with Crippen LogP contribution in [0.2, 0.25) is 0 Å². The molecule has 0 spiro atoms. The molecule has 1 N–H and O–H groups in total. The minimum atomic E-state index is -0.775. The summed E-state index contributed by atoms with van der Waals surface area (Å²) in [7, 11) is 0. The molecule has 2 saturated heterocycles. The molecule has 0 saturated carbocycles. The topological polar surface area (TPSA) is 53.0 Å². The first-order valence-electron chi connectivity index (χ1n) is 10.0. The van der Waals surface area contributed by atoms with E-state index in [0.29, 0.717) is 32.5 Å². The normalized spacial score (nSPS) is 26.7. The number of hydrogen-bond acceptors (Lipinski definition) is 4. The number of likely N-dealkylation sites (tertiary alicyclic amines) is 1. The lowest BCUT2D eigenvalue weighted by molar-refractivity contribution is -0.130. The summed E-state index contributed by atoms with van der Waals surface area (Å²) < 4.78 is 5.37. The maximum absolute atomic E-state index is 12.7. The average Bonchev–Trinajstić information content (AvgIpc) is 3.04. The van der Waals surface area contributed by atoms with E-state index in [1.54, 1.807) is 0 Å². The average molecular weight is 358 g/mol. The second-order valence-electron chi connectivity index (χ2n) is 8.17. The van der Waals surface area contributed by atoms with E-state index in [1.807, 2.05) is 4.90 Å². The van der Waals surface area contributed by atoms with Crippen molar-refractivity contribution in [3.05, 3.63) is 34.9 Å². The summed E-state index contributed by atoms with van der Waals surface area (Å²) in [5.41, 5.74) is 3.21. The summed E-state index contributed by atoms with van der Waals surface area (Å²) in [4.78, 5) is 16.8. The Kier molecular flexibility index (Phi) is 5.30. The smallest absolute Gasteiger partial charge is 0.227 e. The lowest BCUT2D eigenvalue weighted by atomic mass is 9.90. The third-order valence-electron chi connectivity index (χ3n) is 6.07. The number of rotatable bonds is 4. The van der Waals surface area contributed by atoms with Gasteiger partial charge in [-0.3, -0.25) is 9.69 Å². The number of morpholine rings is 1. The van der Waals surface area contributed by atoms with Crippen molar-refractivity contribution in [2.45, 2.75) is 44.1 Å². The second kappa shape index (κ2) is 7.67. The van der Waals surface area contributed by atoms with Gasteiger partial charge in [-0.25, -0.2) is 0 Å². The van der Waals surface area contributed by atoms with Crippen LogP contribution >= 0.6 is 0 Å². The van der Waals surface area contributed by atoms with Gasteiger partial charge in [0.25, 0.3) is 0 Å². The highest BCUT2D eigenvalue weighted by Crippen LogP contribution is 2.25. The summed E-state index contributed by atoms with van der Waals surface area (Å²) in [5.74, 6) is 0.138. The van der Waals surface area contributed by atoms with Crippen molar-refractivity contribution in [1.82, 2.24) is 9.80 Å². The molecule has 2 aliphatic heterocycles. The van der Waals surface area contributed by atoms with Gasteiger partial charge < -0.3 is 14.7 Å². The third kappa shape index (κ3) is 4.11. The van der Waals surface area contributed by atoms with Crippen LogP contribution in [-0.4, -0.2) is 72.4 Å². The number of benzene rings is 1. The minimum Gasteiger partial charge on any atom is -0.387 e. The van der Waals surface area contributed by atoms with Crippen molar-refractivity contribution in [3.63, 3.8) is 0 Å². The Morgan fingerprint density at radius 2 is 1.88 bits per heavy atom. The van der Waals surface area contributed by atoms with E-state index >= 15 is 0 Å². The number of carbonyl (C=O) groups excluding carboxylic acids is 1. The first-order chi connectivity index (χ1) is 12.6. The van der Waals surface area contributed by atoms with Crippen LogP contribution in [0, 0.1) is 0 Å². The van der Waals surface area contributed by atoms with Crippen LogP contribution in [-0.2, 0) is 28.8 Å². The van der Waals surface area contributed by atoms with Crippen LogP contribution < -0.4 is 0 Å². The molecule has 2 heterocycles. The van der Waals surface area contributed by atoms with E-state index in [-0.39, 0.29) is 5.91 Å². The predicted octanol–water partition coefficient (Wildman–Crippen LogP) is 1.40. The molecule has 1 atom stereocenters. The highest BCUT2D eigenvalue weighted by Gasteiger charge is 2.39. The predicted molar refractivity (Wildman–Crippen MR) is 100 cm³/mol. The van der Waals surface area contributed by atoms with Gasteiger partial charge in [-0.05, 0) is 48.8 Å². The molecule has 1 aromatic rings. The van der Waals surface area contributed by atoms with E-state index in [2.05, 4.69) is 23.1 Å². The fourth-order valence-corrected chi connectivity index (χ4v) is 4.56. The Labute approximate surface area is 155 Å². The fourth-order valence-electron chi connectivity index (χ4n) is 4.56. The zero-order valence-electron chi connectivity index (χ0n) is 15.6. The van der Waals surface area contributed by atoms with Crippen LogP contribution in [0.3, 0.4) is 0 Å². The summed E-state index contributed by atoms with van der Waals surface area (Å²) in [6.45, 7) is 4.95. The SMILES string of the molecule is O=C(Cc1ccc2c(c1)CCCC2)N1CCC(O)(CN2CCOCC2)C1. The Hall–Kier alpha value is -1.43. The maximum atomic E-state index is 12.7. The molecule has 5 heteroatoms. The molecular weight excluding hydrogens is 328 g/mol. The van der Waals surface area contributed by atoms with Gasteiger partial charge >= 0.3 is 0 Å². The summed E-state index contributed by atoms with van der Waals surface area (Å²) >= 11 is 0. The molecule has 1 aromatic carbocycles. The van der Waals surface area contributed by atoms with Crippen LogP contribution in [0.5, 0.6) is 0 Å². The van der Waals surface area contributed by atoms with Crippen LogP contribution in [0.25, 0.3) is 0 Å². The Morgan fingerprint density at radius 3 is 2.69 bits per heavy atom. The van der Waals surface area contributed by atoms with Crippen molar-refractivity contribution < 1.29 is 14.6 Å². The number of nitrogens with zero attached hydrogens (tertiary/aromatic N) is 2. The largest absolute Gasteiger partial charge is 0.387 e. The number of aliphatic hydroxyl groups is 1. The summed E-state index contributed by atoms with van der Waals surface area (Å²) in [6.07, 6.45) is 5.96. The van der Waals surface area contributed by atoms with Crippen molar-refractivity contribution in [2.75, 3.05) is 45.9 Å². The van der Waals surface area contributed by atoms with Gasteiger partial charge in [0.1, 0.15) is 0 Å². The van der Waals surface area contributed by atoms with Crippen LogP contribution in [0.4, 0.5) is 0 Å². The minimum absolute atomic E-state index is 0.138. The molecule has 4 rings (SSSR count). The molecule has 1 amide bonds. The highest BCUT2D eigenvalue weighted by molar-refractivity contribution is 5.79. The molecule has 1 aliphatic carbocycles. The molecular formula is C21H30N2O3. The molecule has 0 bridgehead atoms. The van der Waals surface area contributed by atoms with Gasteiger partial charge in [-0.2, -0.15) is 0 Å². The molecule has 0 radical (unpaired) electrons. The second-order valence-corrected chi connectivity index (χ2v) is 8.17. The molecule has 2 fully saturated rings. The Morgan fingerprint density at radius 1 is 1.12 bits per heavy atom. The zero-order valence-corrected chi connectivity index (χ0v) is 15.6. The van der Waals surface area contributed by atoms with Gasteiger partial charge in [-0.1, -0.05) is 18.2 Å². The molecule has 1 unspecified atom stereocenters. The fraction of sp³-hybridized carbons (Fsp3) is 0.667. The van der Waals surface area contributed by atoms with E-state index in [0.717, 1.165) is 38.3 Å². The van der Waals surface area contributed by atoms with E-state index < -0.39 is 5.60 Å². The van der Waals surface area contributed by atoms with E-state index in [9.17, 15) is 9.90 Å². The lowest BCUT2D eigenvalue weighted by Crippen LogP contribution is -2.49. The van der Waals surface area contributed by atoms with Crippen LogP contribution in [0.15, 0.2) is 18.2 Å². The zero-order chi connectivity index (χ0) is 18.0. The number of fused-ring (bicyclic) bond motifs is 1. The highest BCUT2D eigenvalue weighted by atomic mass is 16.5. The summed E-state index contributed by atoms with van der Waals surface area (Å²) in [6, 6.07) is 6.54. The van der Waals surface area contributed by atoms with E-state index in [4.69, 9.17) is 4.74 Å². The van der Waals surface area contributed by atoms with Crippen molar-refractivity contribution in [1.29, 1.82) is 0 Å². The first kappa shape index (κ1) is 18.0. The van der Waals surface area contributed by atoms with Gasteiger partial charge in [0.15, 0.2) is 0 Å². The number of hydrogen-bond donors (Lipinski definition) is 1. The van der Waals surface area contributed by atoms with Crippen LogP contribution in [0.1, 0.15) is 36.0 Å². The van der Waals surface area contributed by atoms with Gasteiger partial charge in [0.2, 0.25) is 5.91 Å². The molecule has 142 valence electrons. The Bertz CT molecular complexity index is 657. The number of β-amino-alcohol motifs (C(OH)–C–C–N with tert-alkyl or cyclic N) is 1. The molecule has 3 aliphatic rings. The van der Waals surface area contributed by atoms with Gasteiger partial charge in [0, 0.05) is 26.2 Å². The number of aryl methyl sites for hydroxylation is 2. The van der Waals surface area contributed by atoms with Crippen molar-refractivity contribution in [3.8, 4) is 0 Å². The Balaban J connectivity index is 1.34. The monoisotopic (exact) mass is 358 g/mol. The third-order valence-corrected chi connectivity index (χ3v) is 6.07. The van der Waals surface area contributed by atoms with Crippen molar-refractivity contribution in [2.24, 2.45) is 0 Å². The number of amides is 1. The van der Waals surface area contributed by atoms with Gasteiger partial charge in [-0.15, -0.1) is 0 Å². The van der Waals surface area contributed by atoms with Gasteiger partial charge in [0.05, 0.1) is 31.8 Å². The lowest BCUT2D eigenvalue weighted by Gasteiger charge is -2.33. The number of ether oxygens (including phenoxy) is 1. The molecule has 5 nitrogen and oxygen atoms in total. The standard InChI is InChI=1S/C21H30N2O3/c24-20(14-17-5-6-18-3-1-2-4-19(18)13-17)23-8-7-21(25,16-23)15-22-9-11-26-12-10-22/h5-6,13,25H,1-4,7-12,14-16H2. The maximum Gasteiger partial charge on any atom is 0.227 e.